The fourth-order valence-electron chi connectivity index (χ4n) is 5.40. The fraction of sp³-hybridized carbons (Fsp3) is 0.333. The number of allylic oxidation sites excluding steroid dienone is 1. The molecule has 2 N–H and O–H groups in total. The number of hydrogen-bond acceptors (Lipinski definition) is 5. The van der Waals surface area contributed by atoms with E-state index < -0.39 is 18.6 Å². The van der Waals surface area contributed by atoms with Crippen molar-refractivity contribution < 1.29 is 28.5 Å². The van der Waals surface area contributed by atoms with Crippen LogP contribution in [0.1, 0.15) is 49.5 Å². The summed E-state index contributed by atoms with van der Waals surface area (Å²) in [6.07, 6.45) is -1.10. The predicted octanol–water partition coefficient (Wildman–Crippen LogP) is 6.66. The lowest BCUT2D eigenvalue weighted by Crippen LogP contribution is -2.46. The van der Waals surface area contributed by atoms with Crippen LogP contribution in [-0.2, 0) is 0 Å². The summed E-state index contributed by atoms with van der Waals surface area (Å²) in [7, 11) is 0. The van der Waals surface area contributed by atoms with Crippen molar-refractivity contribution in [3.8, 4) is 23.0 Å². The summed E-state index contributed by atoms with van der Waals surface area (Å²) in [5.74, 6) is 1.44. The average molecular weight is 508 g/mol. The molecule has 1 saturated heterocycles. The van der Waals surface area contributed by atoms with Gasteiger partial charge in [-0.25, -0.2) is 8.78 Å². The van der Waals surface area contributed by atoms with Crippen molar-refractivity contribution in [2.75, 3.05) is 13.2 Å². The molecule has 5 nitrogen and oxygen atoms in total. The molecule has 2 heterocycles. The van der Waals surface area contributed by atoms with E-state index in [0.717, 1.165) is 40.7 Å². The smallest absolute Gasteiger partial charge is 0.257 e. The molecule has 0 aliphatic carbocycles. The van der Waals surface area contributed by atoms with Gasteiger partial charge in [0.1, 0.15) is 41.8 Å². The molecule has 0 saturated carbocycles. The van der Waals surface area contributed by atoms with Gasteiger partial charge in [-0.15, -0.1) is 0 Å². The van der Waals surface area contributed by atoms with Crippen LogP contribution in [0.25, 0.3) is 11.1 Å². The van der Waals surface area contributed by atoms with Crippen molar-refractivity contribution >= 4 is 11.1 Å². The molecule has 0 radical (unpaired) electrons. The van der Waals surface area contributed by atoms with Gasteiger partial charge in [0.2, 0.25) is 0 Å². The lowest BCUT2D eigenvalue weighted by Gasteiger charge is -2.31. The van der Waals surface area contributed by atoms with Crippen molar-refractivity contribution in [1.29, 1.82) is 0 Å². The number of ether oxygens (including phenoxy) is 2. The van der Waals surface area contributed by atoms with Gasteiger partial charge in [0, 0.05) is 17.2 Å². The van der Waals surface area contributed by atoms with Gasteiger partial charge >= 0.3 is 0 Å². The molecule has 3 aromatic rings. The summed E-state index contributed by atoms with van der Waals surface area (Å²) >= 11 is 0. The first-order chi connectivity index (χ1) is 17.8. The van der Waals surface area contributed by atoms with Crippen molar-refractivity contribution in [2.24, 2.45) is 0 Å². The number of aromatic hydroxyl groups is 2. The number of hydrogen-bond donors (Lipinski definition) is 2. The zero-order valence-corrected chi connectivity index (χ0v) is 20.9. The number of benzene rings is 3. The van der Waals surface area contributed by atoms with E-state index in [9.17, 15) is 19.0 Å². The molecule has 0 amide bonds. The predicted molar refractivity (Wildman–Crippen MR) is 139 cm³/mol. The van der Waals surface area contributed by atoms with Gasteiger partial charge in [0.05, 0.1) is 0 Å². The highest BCUT2D eigenvalue weighted by molar-refractivity contribution is 5.95. The largest absolute Gasteiger partial charge is 0.508 e. The average Bonchev–Trinajstić information content (AvgIpc) is 3.30. The molecule has 194 valence electrons. The molecule has 37 heavy (non-hydrogen) atoms. The SMILES string of the molecule is CC1=C(c2cccc(O)c2)C(c2ccc(OC[C@H](C(F)F)N3CCC[C@H]3C)cc2)Oc2ccc(O)cc21. The maximum atomic E-state index is 13.8. The maximum absolute atomic E-state index is 13.8. The van der Waals surface area contributed by atoms with E-state index in [4.69, 9.17) is 9.47 Å². The molecule has 3 aromatic carbocycles. The van der Waals surface area contributed by atoms with Gasteiger partial charge < -0.3 is 19.7 Å². The zero-order valence-electron chi connectivity index (χ0n) is 20.9. The molecular weight excluding hydrogens is 476 g/mol. The maximum Gasteiger partial charge on any atom is 0.257 e. The van der Waals surface area contributed by atoms with Crippen molar-refractivity contribution in [3.05, 3.63) is 83.4 Å². The topological polar surface area (TPSA) is 62.2 Å². The highest BCUT2D eigenvalue weighted by Gasteiger charge is 2.34. The third kappa shape index (κ3) is 5.14. The molecule has 3 atom stereocenters. The Hall–Kier alpha value is -3.58. The Morgan fingerprint density at radius 2 is 1.78 bits per heavy atom. The van der Waals surface area contributed by atoms with Crippen LogP contribution in [0.5, 0.6) is 23.0 Å². The minimum Gasteiger partial charge on any atom is -0.508 e. The van der Waals surface area contributed by atoms with E-state index in [-0.39, 0.29) is 24.1 Å². The van der Waals surface area contributed by atoms with Crippen molar-refractivity contribution in [1.82, 2.24) is 4.90 Å². The summed E-state index contributed by atoms with van der Waals surface area (Å²) in [5, 5.41) is 20.2. The molecule has 1 fully saturated rings. The summed E-state index contributed by atoms with van der Waals surface area (Å²) in [5.41, 5.74) is 4.22. The van der Waals surface area contributed by atoms with E-state index in [0.29, 0.717) is 18.0 Å². The van der Waals surface area contributed by atoms with Crippen LogP contribution in [0.2, 0.25) is 0 Å². The first kappa shape index (κ1) is 25.1. The highest BCUT2D eigenvalue weighted by Crippen LogP contribution is 2.47. The molecule has 0 bridgehead atoms. The number of phenolic OH excluding ortho intramolecular Hbond substituents is 2. The van der Waals surface area contributed by atoms with Crippen molar-refractivity contribution in [3.63, 3.8) is 0 Å². The van der Waals surface area contributed by atoms with Gasteiger partial charge in [0.25, 0.3) is 6.43 Å². The molecule has 0 aromatic heterocycles. The molecule has 2 aliphatic rings. The first-order valence-corrected chi connectivity index (χ1v) is 12.6. The Morgan fingerprint density at radius 1 is 1.03 bits per heavy atom. The van der Waals surface area contributed by atoms with E-state index >= 15 is 0 Å². The van der Waals surface area contributed by atoms with Crippen LogP contribution < -0.4 is 9.47 Å². The minimum atomic E-state index is -2.48. The van der Waals surface area contributed by atoms with Crippen LogP contribution in [0.3, 0.4) is 0 Å². The van der Waals surface area contributed by atoms with Gasteiger partial charge in [-0.05, 0) is 92.4 Å². The Balaban J connectivity index is 1.42. The van der Waals surface area contributed by atoms with Gasteiger partial charge in [-0.3, -0.25) is 4.90 Å². The zero-order chi connectivity index (χ0) is 26.1. The van der Waals surface area contributed by atoms with E-state index in [1.807, 2.05) is 36.9 Å². The monoisotopic (exact) mass is 507 g/mol. The number of fused-ring (bicyclic) bond motifs is 1. The van der Waals surface area contributed by atoms with Gasteiger partial charge in [0.15, 0.2) is 0 Å². The summed E-state index contributed by atoms with van der Waals surface area (Å²) in [4.78, 5) is 1.85. The number of alkyl halides is 2. The molecule has 2 aliphatic heterocycles. The van der Waals surface area contributed by atoms with Crippen LogP contribution in [-0.4, -0.2) is 46.8 Å². The van der Waals surface area contributed by atoms with Gasteiger partial charge in [-0.2, -0.15) is 0 Å². The minimum absolute atomic E-state index is 0.0777. The molecular formula is C30H31F2NO4. The van der Waals surface area contributed by atoms with Crippen LogP contribution in [0, 0.1) is 0 Å². The summed E-state index contributed by atoms with van der Waals surface area (Å²) < 4.78 is 39.8. The van der Waals surface area contributed by atoms with Crippen molar-refractivity contribution in [2.45, 2.75) is 51.3 Å². The number of nitrogens with zero attached hydrogens (tertiary/aromatic N) is 1. The fourth-order valence-corrected chi connectivity index (χ4v) is 5.40. The number of phenols is 2. The lowest BCUT2D eigenvalue weighted by atomic mass is 9.86. The van der Waals surface area contributed by atoms with Crippen LogP contribution in [0.4, 0.5) is 8.78 Å². The normalized spacial score (nSPS) is 20.6. The van der Waals surface area contributed by atoms with Crippen LogP contribution in [0.15, 0.2) is 66.7 Å². The Morgan fingerprint density at radius 3 is 2.46 bits per heavy atom. The highest BCUT2D eigenvalue weighted by atomic mass is 19.3. The first-order valence-electron chi connectivity index (χ1n) is 12.6. The number of rotatable bonds is 7. The van der Waals surface area contributed by atoms with E-state index in [2.05, 4.69) is 0 Å². The second-order valence-corrected chi connectivity index (χ2v) is 9.78. The van der Waals surface area contributed by atoms with E-state index in [1.165, 1.54) is 0 Å². The number of likely N-dealkylation sites (tertiary alicyclic amines) is 1. The Bertz CT molecular complexity index is 1290. The quantitative estimate of drug-likeness (QED) is 0.375. The third-order valence-electron chi connectivity index (χ3n) is 7.36. The van der Waals surface area contributed by atoms with E-state index in [1.54, 1.807) is 48.5 Å². The third-order valence-corrected chi connectivity index (χ3v) is 7.36. The van der Waals surface area contributed by atoms with Gasteiger partial charge in [-0.1, -0.05) is 24.3 Å². The standard InChI is InChI=1S/C30H31F2NO4/c1-18-5-4-14-33(18)26(30(31)32)17-36-24-11-8-20(9-12-24)29-28(21-6-3-7-22(34)15-21)19(2)25-16-23(35)10-13-27(25)37-29/h3,6-13,15-16,18,26,29-30,34-35H,4-5,14,17H2,1-2H3/t18-,26-,29?/m1/s1. The molecule has 0 spiro atoms. The van der Waals surface area contributed by atoms with Crippen LogP contribution >= 0.6 is 0 Å². The molecule has 5 rings (SSSR count). The second-order valence-electron chi connectivity index (χ2n) is 9.78. The number of halogens is 2. The lowest BCUT2D eigenvalue weighted by molar-refractivity contribution is -0.00220. The Kier molecular flexibility index (Phi) is 7.07. The second kappa shape index (κ2) is 10.4. The summed E-state index contributed by atoms with van der Waals surface area (Å²) in [6, 6.07) is 18.5. The molecule has 7 heteroatoms. The summed E-state index contributed by atoms with van der Waals surface area (Å²) in [6.45, 7) is 4.54. The Labute approximate surface area is 215 Å². The molecule has 1 unspecified atom stereocenters.